The number of benzene rings is 1. The Morgan fingerprint density at radius 1 is 1.21 bits per heavy atom. The maximum absolute atomic E-state index is 12.4. The number of rotatable bonds is 3. The van der Waals surface area contributed by atoms with E-state index in [0.29, 0.717) is 11.1 Å². The summed E-state index contributed by atoms with van der Waals surface area (Å²) in [5, 5.41) is 6.90. The minimum atomic E-state index is -0.341. The fourth-order valence-corrected chi connectivity index (χ4v) is 2.83. The quantitative estimate of drug-likeness (QED) is 0.797. The number of nitrogens with one attached hydrogen (secondary N) is 1. The van der Waals surface area contributed by atoms with Gasteiger partial charge in [0.05, 0.1) is 5.69 Å². The van der Waals surface area contributed by atoms with Crippen LogP contribution in [-0.2, 0) is 11.3 Å². The van der Waals surface area contributed by atoms with E-state index in [4.69, 9.17) is 4.52 Å². The van der Waals surface area contributed by atoms with Crippen molar-refractivity contribution < 1.29 is 9.32 Å². The topological polar surface area (TPSA) is 90.0 Å². The molecule has 0 aliphatic carbocycles. The van der Waals surface area contributed by atoms with Crippen molar-refractivity contribution >= 4 is 22.7 Å². The Balaban J connectivity index is 1.87. The van der Waals surface area contributed by atoms with Crippen LogP contribution in [0, 0.1) is 27.7 Å². The highest BCUT2D eigenvalue weighted by molar-refractivity contribution is 5.92. The van der Waals surface area contributed by atoms with Gasteiger partial charge >= 0.3 is 0 Å². The molecule has 124 valence electrons. The molecule has 1 aromatic carbocycles. The highest BCUT2D eigenvalue weighted by Gasteiger charge is 2.15. The molecule has 1 N–H and O–H groups in total. The van der Waals surface area contributed by atoms with E-state index in [-0.39, 0.29) is 23.7 Å². The number of amides is 1. The minimum Gasteiger partial charge on any atom is -0.335 e. The first-order valence-electron chi connectivity index (χ1n) is 7.56. The van der Waals surface area contributed by atoms with Gasteiger partial charge in [0.1, 0.15) is 18.3 Å². The molecule has 24 heavy (non-hydrogen) atoms. The standard InChI is InChI=1S/C17H18N4O3/c1-9-5-10(2)15(11(3)6-9)19-13(22)7-21-8-18-16-14(17(21)23)12(4)20-24-16/h5-6,8H,7H2,1-4H3,(H,19,22). The maximum Gasteiger partial charge on any atom is 0.267 e. The summed E-state index contributed by atoms with van der Waals surface area (Å²) < 4.78 is 6.20. The van der Waals surface area contributed by atoms with Crippen LogP contribution in [-0.4, -0.2) is 20.6 Å². The van der Waals surface area contributed by atoms with E-state index in [1.807, 2.05) is 32.9 Å². The molecule has 0 bridgehead atoms. The Bertz CT molecular complexity index is 978. The van der Waals surface area contributed by atoms with Crippen molar-refractivity contribution in [1.82, 2.24) is 14.7 Å². The second kappa shape index (κ2) is 5.92. The lowest BCUT2D eigenvalue weighted by Gasteiger charge is -2.13. The average Bonchev–Trinajstić information content (AvgIpc) is 2.88. The van der Waals surface area contributed by atoms with Gasteiger partial charge in [-0.15, -0.1) is 0 Å². The molecule has 0 aliphatic heterocycles. The third-order valence-corrected chi connectivity index (χ3v) is 3.89. The SMILES string of the molecule is Cc1cc(C)c(NC(=O)Cn2cnc3onc(C)c3c2=O)c(C)c1. The molecule has 7 heteroatoms. The van der Waals surface area contributed by atoms with Crippen molar-refractivity contribution in [1.29, 1.82) is 0 Å². The summed E-state index contributed by atoms with van der Waals surface area (Å²) in [6.45, 7) is 7.43. The predicted molar refractivity (Wildman–Crippen MR) is 90.1 cm³/mol. The number of carbonyl (C=O) groups excluding carboxylic acids is 1. The molecule has 0 aliphatic rings. The van der Waals surface area contributed by atoms with Crippen molar-refractivity contribution in [2.24, 2.45) is 0 Å². The van der Waals surface area contributed by atoms with E-state index < -0.39 is 0 Å². The molecule has 1 amide bonds. The Morgan fingerprint density at radius 2 is 1.88 bits per heavy atom. The number of anilines is 1. The van der Waals surface area contributed by atoms with Crippen LogP contribution in [0.4, 0.5) is 5.69 Å². The van der Waals surface area contributed by atoms with Gasteiger partial charge in [-0.2, -0.15) is 0 Å². The number of carbonyl (C=O) groups is 1. The average molecular weight is 326 g/mol. The van der Waals surface area contributed by atoms with Crippen molar-refractivity contribution in [2.75, 3.05) is 5.32 Å². The minimum absolute atomic E-state index is 0.126. The molecule has 0 spiro atoms. The second-order valence-electron chi connectivity index (χ2n) is 5.95. The van der Waals surface area contributed by atoms with Crippen molar-refractivity contribution in [3.63, 3.8) is 0 Å². The van der Waals surface area contributed by atoms with Gasteiger partial charge in [-0.1, -0.05) is 22.9 Å². The molecule has 0 unspecified atom stereocenters. The number of aromatic nitrogens is 3. The second-order valence-corrected chi connectivity index (χ2v) is 5.95. The third kappa shape index (κ3) is 2.80. The summed E-state index contributed by atoms with van der Waals surface area (Å²) in [6, 6.07) is 4.01. The molecule has 0 saturated heterocycles. The summed E-state index contributed by atoms with van der Waals surface area (Å²) in [5.74, 6) is -0.289. The van der Waals surface area contributed by atoms with Crippen molar-refractivity contribution in [3.8, 4) is 0 Å². The summed E-state index contributed by atoms with van der Waals surface area (Å²) in [6.07, 6.45) is 1.30. The van der Waals surface area contributed by atoms with Crippen LogP contribution in [0.2, 0.25) is 0 Å². The zero-order valence-electron chi connectivity index (χ0n) is 14.0. The van der Waals surface area contributed by atoms with E-state index in [9.17, 15) is 9.59 Å². The van der Waals surface area contributed by atoms with E-state index >= 15 is 0 Å². The Kier molecular flexibility index (Phi) is 3.92. The molecular formula is C17H18N4O3. The van der Waals surface area contributed by atoms with Crippen LogP contribution < -0.4 is 10.9 Å². The van der Waals surface area contributed by atoms with Gasteiger partial charge < -0.3 is 9.84 Å². The number of hydrogen-bond acceptors (Lipinski definition) is 5. The van der Waals surface area contributed by atoms with Crippen LogP contribution in [0.5, 0.6) is 0 Å². The number of hydrogen-bond donors (Lipinski definition) is 1. The van der Waals surface area contributed by atoms with Crippen LogP contribution in [0.3, 0.4) is 0 Å². The molecule has 2 heterocycles. The Labute approximate surface area is 138 Å². The smallest absolute Gasteiger partial charge is 0.267 e. The van der Waals surface area contributed by atoms with Crippen molar-refractivity contribution in [2.45, 2.75) is 34.2 Å². The van der Waals surface area contributed by atoms with Crippen LogP contribution in [0.25, 0.3) is 11.1 Å². The highest BCUT2D eigenvalue weighted by atomic mass is 16.5. The van der Waals surface area contributed by atoms with E-state index in [1.54, 1.807) is 6.92 Å². The molecular weight excluding hydrogens is 308 g/mol. The summed E-state index contributed by atoms with van der Waals surface area (Å²) >= 11 is 0. The van der Waals surface area contributed by atoms with Crippen LogP contribution in [0.15, 0.2) is 27.8 Å². The van der Waals surface area contributed by atoms with Gasteiger partial charge in [-0.25, -0.2) is 4.98 Å². The van der Waals surface area contributed by atoms with Gasteiger partial charge in [0, 0.05) is 5.69 Å². The van der Waals surface area contributed by atoms with Gasteiger partial charge in [-0.3, -0.25) is 14.2 Å². The first-order chi connectivity index (χ1) is 11.4. The lowest BCUT2D eigenvalue weighted by molar-refractivity contribution is -0.116. The molecule has 0 saturated carbocycles. The lowest BCUT2D eigenvalue weighted by Crippen LogP contribution is -2.28. The molecule has 3 aromatic rings. The van der Waals surface area contributed by atoms with Crippen LogP contribution >= 0.6 is 0 Å². The fourth-order valence-electron chi connectivity index (χ4n) is 2.83. The zero-order chi connectivity index (χ0) is 17.4. The molecule has 3 rings (SSSR count). The molecule has 2 aromatic heterocycles. The summed E-state index contributed by atoms with van der Waals surface area (Å²) in [4.78, 5) is 28.8. The van der Waals surface area contributed by atoms with Gasteiger partial charge in [-0.05, 0) is 38.8 Å². The molecule has 0 fully saturated rings. The van der Waals surface area contributed by atoms with Gasteiger partial charge in [0.25, 0.3) is 11.3 Å². The monoisotopic (exact) mass is 326 g/mol. The van der Waals surface area contributed by atoms with Crippen molar-refractivity contribution in [3.05, 3.63) is 51.2 Å². The lowest BCUT2D eigenvalue weighted by atomic mass is 10.1. The normalized spacial score (nSPS) is 11.0. The Hall–Kier alpha value is -2.96. The first-order valence-corrected chi connectivity index (χ1v) is 7.56. The first kappa shape index (κ1) is 15.9. The zero-order valence-corrected chi connectivity index (χ0v) is 14.0. The number of nitrogens with zero attached hydrogens (tertiary/aromatic N) is 3. The van der Waals surface area contributed by atoms with Gasteiger partial charge in [0.15, 0.2) is 0 Å². The van der Waals surface area contributed by atoms with E-state index in [1.165, 1.54) is 10.9 Å². The predicted octanol–water partition coefficient (Wildman–Crippen LogP) is 2.26. The number of fused-ring (bicyclic) bond motifs is 1. The van der Waals surface area contributed by atoms with E-state index in [2.05, 4.69) is 15.5 Å². The highest BCUT2D eigenvalue weighted by Crippen LogP contribution is 2.21. The third-order valence-electron chi connectivity index (χ3n) is 3.89. The maximum atomic E-state index is 12.4. The largest absolute Gasteiger partial charge is 0.335 e. The summed E-state index contributed by atoms with van der Waals surface area (Å²) in [7, 11) is 0. The van der Waals surface area contributed by atoms with Crippen LogP contribution in [0.1, 0.15) is 22.4 Å². The molecule has 0 atom stereocenters. The summed E-state index contributed by atoms with van der Waals surface area (Å²) in [5.41, 5.74) is 4.17. The Morgan fingerprint density at radius 3 is 2.54 bits per heavy atom. The fraction of sp³-hybridized carbons (Fsp3) is 0.294. The van der Waals surface area contributed by atoms with Gasteiger partial charge in [0.2, 0.25) is 5.91 Å². The number of aryl methyl sites for hydroxylation is 4. The molecule has 7 nitrogen and oxygen atoms in total. The van der Waals surface area contributed by atoms with E-state index in [0.717, 1.165) is 22.4 Å². The molecule has 0 radical (unpaired) electrons.